The zero-order valence-electron chi connectivity index (χ0n) is 9.35. The molecule has 2 rings (SSSR count). The van der Waals surface area contributed by atoms with Gasteiger partial charge in [-0.25, -0.2) is 4.39 Å². The number of benzene rings is 1. The van der Waals surface area contributed by atoms with Crippen molar-refractivity contribution in [2.45, 2.75) is 6.54 Å². The molecule has 0 aliphatic carbocycles. The van der Waals surface area contributed by atoms with Crippen LogP contribution < -0.4 is 10.1 Å². The van der Waals surface area contributed by atoms with Crippen molar-refractivity contribution in [3.63, 3.8) is 0 Å². The third-order valence-electron chi connectivity index (χ3n) is 2.24. The third-order valence-corrected chi connectivity index (χ3v) is 2.24. The largest absolute Gasteiger partial charge is 0.494 e. The highest BCUT2D eigenvalue weighted by atomic mass is 19.1. The monoisotopic (exact) mass is 233 g/mol. The molecule has 0 atom stereocenters. The lowest BCUT2D eigenvalue weighted by Crippen LogP contribution is -2.02. The minimum Gasteiger partial charge on any atom is -0.494 e. The lowest BCUT2D eigenvalue weighted by Gasteiger charge is -2.07. The van der Waals surface area contributed by atoms with Gasteiger partial charge in [-0.1, -0.05) is 0 Å². The molecule has 1 N–H and O–H groups in total. The van der Waals surface area contributed by atoms with Crippen LogP contribution >= 0.6 is 0 Å². The van der Waals surface area contributed by atoms with E-state index in [1.54, 1.807) is 30.7 Å². The van der Waals surface area contributed by atoms with Gasteiger partial charge in [0.15, 0.2) is 11.6 Å². The summed E-state index contributed by atoms with van der Waals surface area (Å²) in [7, 11) is 1.44. The van der Waals surface area contributed by atoms with Gasteiger partial charge in [0.05, 0.1) is 25.5 Å². The second-order valence-corrected chi connectivity index (χ2v) is 3.40. The zero-order chi connectivity index (χ0) is 12.1. The molecule has 0 saturated carbocycles. The Hall–Kier alpha value is -2.17. The molecular weight excluding hydrogens is 221 g/mol. The number of nitrogens with one attached hydrogen (secondary N) is 1. The summed E-state index contributed by atoms with van der Waals surface area (Å²) >= 11 is 0. The van der Waals surface area contributed by atoms with Crippen molar-refractivity contribution in [3.8, 4) is 5.75 Å². The predicted molar refractivity (Wildman–Crippen MR) is 62.3 cm³/mol. The Kier molecular flexibility index (Phi) is 3.49. The standard InChI is InChI=1S/C12H12FN3O/c1-17-12-3-2-9(6-11(12)13)16-8-10-7-14-4-5-15-10/h2-7,16H,8H2,1H3. The van der Waals surface area contributed by atoms with Gasteiger partial charge < -0.3 is 10.1 Å². The zero-order valence-corrected chi connectivity index (χ0v) is 9.35. The molecule has 0 saturated heterocycles. The van der Waals surface area contributed by atoms with Crippen LogP contribution in [0.2, 0.25) is 0 Å². The predicted octanol–water partition coefficient (Wildman–Crippen LogP) is 2.24. The average Bonchev–Trinajstić information content (AvgIpc) is 2.38. The molecule has 0 aliphatic heterocycles. The molecule has 4 nitrogen and oxygen atoms in total. The number of rotatable bonds is 4. The Balaban J connectivity index is 2.02. The summed E-state index contributed by atoms with van der Waals surface area (Å²) in [5.74, 6) is -0.160. The van der Waals surface area contributed by atoms with E-state index < -0.39 is 5.82 Å². The SMILES string of the molecule is COc1ccc(NCc2cnccn2)cc1F. The summed E-state index contributed by atoms with van der Waals surface area (Å²) in [5, 5.41) is 3.06. The highest BCUT2D eigenvalue weighted by molar-refractivity contribution is 5.47. The second-order valence-electron chi connectivity index (χ2n) is 3.40. The first kappa shape index (κ1) is 11.3. The molecule has 17 heavy (non-hydrogen) atoms. The Bertz CT molecular complexity index is 490. The normalized spacial score (nSPS) is 10.0. The van der Waals surface area contributed by atoms with E-state index >= 15 is 0 Å². The molecule has 0 amide bonds. The molecule has 0 fully saturated rings. The first-order chi connectivity index (χ1) is 8.29. The summed E-state index contributed by atoms with van der Waals surface area (Å²) in [6.45, 7) is 0.500. The van der Waals surface area contributed by atoms with E-state index in [4.69, 9.17) is 4.74 Å². The van der Waals surface area contributed by atoms with E-state index in [-0.39, 0.29) is 5.75 Å². The second kappa shape index (κ2) is 5.25. The highest BCUT2D eigenvalue weighted by Crippen LogP contribution is 2.20. The fourth-order valence-electron chi connectivity index (χ4n) is 1.39. The fraction of sp³-hybridized carbons (Fsp3) is 0.167. The van der Waals surface area contributed by atoms with Gasteiger partial charge in [0.1, 0.15) is 0 Å². The number of nitrogens with zero attached hydrogens (tertiary/aromatic N) is 2. The average molecular weight is 233 g/mol. The molecule has 1 aromatic carbocycles. The molecular formula is C12H12FN3O. The Morgan fingerprint density at radius 1 is 1.35 bits per heavy atom. The number of methoxy groups -OCH3 is 1. The van der Waals surface area contributed by atoms with Crippen LogP contribution in [-0.2, 0) is 6.54 Å². The molecule has 0 bridgehead atoms. The van der Waals surface area contributed by atoms with Crippen molar-refractivity contribution < 1.29 is 9.13 Å². The van der Waals surface area contributed by atoms with Crippen LogP contribution in [0.25, 0.3) is 0 Å². The van der Waals surface area contributed by atoms with Gasteiger partial charge >= 0.3 is 0 Å². The van der Waals surface area contributed by atoms with Crippen molar-refractivity contribution in [3.05, 3.63) is 48.3 Å². The summed E-state index contributed by atoms with van der Waals surface area (Å²) in [6, 6.07) is 4.71. The smallest absolute Gasteiger partial charge is 0.167 e. The molecule has 1 heterocycles. The molecule has 88 valence electrons. The molecule has 0 aliphatic rings. The molecule has 1 aromatic heterocycles. The van der Waals surface area contributed by atoms with Gasteiger partial charge in [-0.05, 0) is 12.1 Å². The number of aromatic nitrogens is 2. The summed E-state index contributed by atoms with van der Waals surface area (Å²) in [4.78, 5) is 8.05. The summed E-state index contributed by atoms with van der Waals surface area (Å²) in [6.07, 6.45) is 4.88. The molecule has 0 radical (unpaired) electrons. The van der Waals surface area contributed by atoms with Gasteiger partial charge in [-0.15, -0.1) is 0 Å². The number of ether oxygens (including phenoxy) is 1. The molecule has 2 aromatic rings. The molecule has 0 unspecified atom stereocenters. The van der Waals surface area contributed by atoms with Crippen molar-refractivity contribution in [2.75, 3.05) is 12.4 Å². The Labute approximate surface area is 98.5 Å². The van der Waals surface area contributed by atoms with Crippen molar-refractivity contribution in [2.24, 2.45) is 0 Å². The molecule has 5 heteroatoms. The van der Waals surface area contributed by atoms with E-state index in [9.17, 15) is 4.39 Å². The number of halogens is 1. The molecule has 0 spiro atoms. The lowest BCUT2D eigenvalue weighted by molar-refractivity contribution is 0.386. The maximum atomic E-state index is 13.4. The van der Waals surface area contributed by atoms with Gasteiger partial charge in [0.25, 0.3) is 0 Å². The van der Waals surface area contributed by atoms with Crippen molar-refractivity contribution in [1.82, 2.24) is 9.97 Å². The first-order valence-corrected chi connectivity index (χ1v) is 5.12. The van der Waals surface area contributed by atoms with Crippen LogP contribution in [0.3, 0.4) is 0 Å². The number of anilines is 1. The quantitative estimate of drug-likeness (QED) is 0.879. The van der Waals surface area contributed by atoms with E-state index in [2.05, 4.69) is 15.3 Å². The number of hydrogen-bond donors (Lipinski definition) is 1. The van der Waals surface area contributed by atoms with E-state index in [0.29, 0.717) is 12.2 Å². The minimum absolute atomic E-state index is 0.232. The van der Waals surface area contributed by atoms with Crippen LogP contribution in [0.15, 0.2) is 36.8 Å². The van der Waals surface area contributed by atoms with E-state index in [1.807, 2.05) is 0 Å². The van der Waals surface area contributed by atoms with Gasteiger partial charge in [0, 0.05) is 24.1 Å². The Morgan fingerprint density at radius 3 is 2.88 bits per heavy atom. The van der Waals surface area contributed by atoms with Gasteiger partial charge in [-0.3, -0.25) is 9.97 Å². The van der Waals surface area contributed by atoms with Crippen LogP contribution in [0.1, 0.15) is 5.69 Å². The topological polar surface area (TPSA) is 47.0 Å². The van der Waals surface area contributed by atoms with Gasteiger partial charge in [-0.2, -0.15) is 0 Å². The first-order valence-electron chi connectivity index (χ1n) is 5.12. The highest BCUT2D eigenvalue weighted by Gasteiger charge is 2.03. The van der Waals surface area contributed by atoms with Crippen molar-refractivity contribution >= 4 is 5.69 Å². The van der Waals surface area contributed by atoms with Crippen LogP contribution in [0.4, 0.5) is 10.1 Å². The Morgan fingerprint density at radius 2 is 2.24 bits per heavy atom. The maximum Gasteiger partial charge on any atom is 0.167 e. The summed E-state index contributed by atoms with van der Waals surface area (Å²) in [5.41, 5.74) is 1.47. The van der Waals surface area contributed by atoms with E-state index in [1.165, 1.54) is 13.2 Å². The van der Waals surface area contributed by atoms with Crippen LogP contribution in [0.5, 0.6) is 5.75 Å². The fourth-order valence-corrected chi connectivity index (χ4v) is 1.39. The number of hydrogen-bond acceptors (Lipinski definition) is 4. The van der Waals surface area contributed by atoms with E-state index in [0.717, 1.165) is 5.69 Å². The maximum absolute atomic E-state index is 13.4. The summed E-state index contributed by atoms with van der Waals surface area (Å²) < 4.78 is 18.2. The lowest BCUT2D eigenvalue weighted by atomic mass is 10.3. The van der Waals surface area contributed by atoms with Crippen molar-refractivity contribution in [1.29, 1.82) is 0 Å². The third kappa shape index (κ3) is 2.90. The minimum atomic E-state index is -0.392. The van der Waals surface area contributed by atoms with Gasteiger partial charge in [0.2, 0.25) is 0 Å². The van der Waals surface area contributed by atoms with Crippen LogP contribution in [0, 0.1) is 5.82 Å². The van der Waals surface area contributed by atoms with Crippen LogP contribution in [-0.4, -0.2) is 17.1 Å².